The lowest BCUT2D eigenvalue weighted by Gasteiger charge is -2.14. The first-order valence-electron chi connectivity index (χ1n) is 11.8. The number of hydrogen-bond donors (Lipinski definition) is 0. The van der Waals surface area contributed by atoms with Gasteiger partial charge in [-0.1, -0.05) is 66.4 Å². The average Bonchev–Trinajstić information content (AvgIpc) is 3.10. The first kappa shape index (κ1) is 25.8. The standard InChI is InChI=1S/C29H29NO4S2/c1-4-32-26-17-23(10-11-25(26)34-13-12-33-24-15-20(2)14-21(3)16-24)18-27-28(31)30(29(35)36-27)19-22-8-6-5-7-9-22/h5-11,14-18H,4,12-13,19H2,1-3H3/b27-18-. The summed E-state index contributed by atoms with van der Waals surface area (Å²) < 4.78 is 18.2. The van der Waals surface area contributed by atoms with Gasteiger partial charge >= 0.3 is 0 Å². The minimum atomic E-state index is -0.0873. The van der Waals surface area contributed by atoms with Gasteiger partial charge in [-0.15, -0.1) is 0 Å². The molecule has 1 fully saturated rings. The van der Waals surface area contributed by atoms with Gasteiger partial charge in [0.2, 0.25) is 0 Å². The van der Waals surface area contributed by atoms with Crippen LogP contribution in [-0.2, 0) is 11.3 Å². The number of aryl methyl sites for hydroxylation is 2. The van der Waals surface area contributed by atoms with Crippen LogP contribution in [0.25, 0.3) is 6.08 Å². The second kappa shape index (κ2) is 12.1. The molecular formula is C29H29NO4S2. The third-order valence-electron chi connectivity index (χ3n) is 5.43. The Kier molecular flexibility index (Phi) is 8.67. The van der Waals surface area contributed by atoms with Crippen LogP contribution >= 0.6 is 24.0 Å². The van der Waals surface area contributed by atoms with Crippen LogP contribution in [0.5, 0.6) is 17.2 Å². The zero-order valence-electron chi connectivity index (χ0n) is 20.7. The van der Waals surface area contributed by atoms with Crippen molar-refractivity contribution in [1.29, 1.82) is 0 Å². The number of carbonyl (C=O) groups excluding carboxylic acids is 1. The molecule has 0 bridgehead atoms. The lowest BCUT2D eigenvalue weighted by Crippen LogP contribution is -2.27. The van der Waals surface area contributed by atoms with Gasteiger partial charge in [-0.05, 0) is 73.4 Å². The maximum atomic E-state index is 13.0. The Morgan fingerprint density at radius 2 is 1.61 bits per heavy atom. The van der Waals surface area contributed by atoms with Gasteiger partial charge in [-0.3, -0.25) is 9.69 Å². The van der Waals surface area contributed by atoms with Gasteiger partial charge in [0, 0.05) is 0 Å². The van der Waals surface area contributed by atoms with E-state index in [1.54, 1.807) is 4.90 Å². The topological polar surface area (TPSA) is 48.0 Å². The predicted molar refractivity (Wildman–Crippen MR) is 150 cm³/mol. The van der Waals surface area contributed by atoms with Gasteiger partial charge in [-0.25, -0.2) is 0 Å². The minimum Gasteiger partial charge on any atom is -0.490 e. The molecule has 186 valence electrons. The van der Waals surface area contributed by atoms with Crippen molar-refractivity contribution in [3.05, 3.63) is 93.9 Å². The van der Waals surface area contributed by atoms with Gasteiger partial charge in [0.05, 0.1) is 18.1 Å². The molecule has 1 amide bonds. The van der Waals surface area contributed by atoms with E-state index in [0.29, 0.717) is 47.1 Å². The summed E-state index contributed by atoms with van der Waals surface area (Å²) in [6.45, 7) is 7.78. The molecule has 1 saturated heterocycles. The molecule has 0 atom stereocenters. The van der Waals surface area contributed by atoms with E-state index in [2.05, 4.69) is 6.07 Å². The maximum Gasteiger partial charge on any atom is 0.266 e. The van der Waals surface area contributed by atoms with Crippen molar-refractivity contribution in [3.63, 3.8) is 0 Å². The predicted octanol–water partition coefficient (Wildman–Crippen LogP) is 6.56. The normalized spacial score (nSPS) is 14.4. The van der Waals surface area contributed by atoms with Crippen molar-refractivity contribution < 1.29 is 19.0 Å². The lowest BCUT2D eigenvalue weighted by atomic mass is 10.1. The van der Waals surface area contributed by atoms with E-state index in [1.807, 2.05) is 87.5 Å². The van der Waals surface area contributed by atoms with Crippen LogP contribution in [0.4, 0.5) is 0 Å². The summed E-state index contributed by atoms with van der Waals surface area (Å²) in [5.41, 5.74) is 4.21. The Bertz CT molecular complexity index is 1250. The average molecular weight is 520 g/mol. The fraction of sp³-hybridized carbons (Fsp3) is 0.241. The molecule has 36 heavy (non-hydrogen) atoms. The number of amides is 1. The van der Waals surface area contributed by atoms with E-state index in [4.69, 9.17) is 26.4 Å². The highest BCUT2D eigenvalue weighted by Crippen LogP contribution is 2.35. The Hall–Kier alpha value is -3.29. The molecule has 0 radical (unpaired) electrons. The van der Waals surface area contributed by atoms with Gasteiger partial charge in [0.1, 0.15) is 23.3 Å². The molecule has 1 aliphatic rings. The molecule has 0 N–H and O–H groups in total. The monoisotopic (exact) mass is 519 g/mol. The highest BCUT2D eigenvalue weighted by molar-refractivity contribution is 8.26. The van der Waals surface area contributed by atoms with Gasteiger partial charge in [-0.2, -0.15) is 0 Å². The van der Waals surface area contributed by atoms with Gasteiger partial charge in [0.15, 0.2) is 11.5 Å². The second-order valence-corrected chi connectivity index (χ2v) is 10.1. The highest BCUT2D eigenvalue weighted by Gasteiger charge is 2.32. The molecule has 5 nitrogen and oxygen atoms in total. The number of benzene rings is 3. The SMILES string of the molecule is CCOc1cc(/C=C2\SC(=S)N(Cc3ccccc3)C2=O)ccc1OCCOc1cc(C)cc(C)c1. The Labute approximate surface area is 222 Å². The van der Waals surface area contributed by atoms with Crippen LogP contribution in [0, 0.1) is 13.8 Å². The molecule has 1 aliphatic heterocycles. The fourth-order valence-electron chi connectivity index (χ4n) is 3.88. The Morgan fingerprint density at radius 3 is 2.33 bits per heavy atom. The van der Waals surface area contributed by atoms with Crippen LogP contribution in [0.2, 0.25) is 0 Å². The lowest BCUT2D eigenvalue weighted by molar-refractivity contribution is -0.122. The molecule has 1 heterocycles. The third-order valence-corrected chi connectivity index (χ3v) is 6.81. The summed E-state index contributed by atoms with van der Waals surface area (Å²) >= 11 is 6.79. The first-order valence-corrected chi connectivity index (χ1v) is 13.1. The van der Waals surface area contributed by atoms with Crippen LogP contribution < -0.4 is 14.2 Å². The van der Waals surface area contributed by atoms with E-state index in [0.717, 1.165) is 28.0 Å². The zero-order valence-corrected chi connectivity index (χ0v) is 22.3. The molecule has 3 aromatic rings. The van der Waals surface area contributed by atoms with Crippen molar-refractivity contribution in [2.75, 3.05) is 19.8 Å². The summed E-state index contributed by atoms with van der Waals surface area (Å²) in [6, 6.07) is 21.6. The van der Waals surface area contributed by atoms with E-state index in [1.165, 1.54) is 11.8 Å². The van der Waals surface area contributed by atoms with E-state index < -0.39 is 0 Å². The van der Waals surface area contributed by atoms with Crippen molar-refractivity contribution in [2.24, 2.45) is 0 Å². The summed E-state index contributed by atoms with van der Waals surface area (Å²) in [5, 5.41) is 0. The molecule has 0 aromatic heterocycles. The van der Waals surface area contributed by atoms with Gasteiger partial charge in [0.25, 0.3) is 5.91 Å². The summed E-state index contributed by atoms with van der Waals surface area (Å²) in [6.07, 6.45) is 1.85. The number of carbonyl (C=O) groups is 1. The molecule has 0 aliphatic carbocycles. The van der Waals surface area contributed by atoms with Gasteiger partial charge < -0.3 is 14.2 Å². The number of thiocarbonyl (C=S) groups is 1. The van der Waals surface area contributed by atoms with Crippen LogP contribution in [0.15, 0.2) is 71.6 Å². The molecule has 3 aromatic carbocycles. The van der Waals surface area contributed by atoms with Crippen molar-refractivity contribution in [3.8, 4) is 17.2 Å². The van der Waals surface area contributed by atoms with Crippen LogP contribution in [-0.4, -0.2) is 34.9 Å². The van der Waals surface area contributed by atoms with E-state index >= 15 is 0 Å². The number of hydrogen-bond acceptors (Lipinski definition) is 6. The Morgan fingerprint density at radius 1 is 0.889 bits per heavy atom. The molecule has 0 unspecified atom stereocenters. The quantitative estimate of drug-likeness (QED) is 0.172. The molecule has 0 saturated carbocycles. The number of thioether (sulfide) groups is 1. The maximum absolute atomic E-state index is 13.0. The summed E-state index contributed by atoms with van der Waals surface area (Å²) in [4.78, 5) is 15.2. The largest absolute Gasteiger partial charge is 0.490 e. The number of ether oxygens (including phenoxy) is 3. The molecule has 7 heteroatoms. The summed E-state index contributed by atoms with van der Waals surface area (Å²) in [5.74, 6) is 2.00. The second-order valence-electron chi connectivity index (χ2n) is 8.41. The fourth-order valence-corrected chi connectivity index (χ4v) is 5.14. The smallest absolute Gasteiger partial charge is 0.266 e. The molecule has 4 rings (SSSR count). The van der Waals surface area contributed by atoms with E-state index in [-0.39, 0.29) is 5.91 Å². The third kappa shape index (κ3) is 6.68. The van der Waals surface area contributed by atoms with Crippen molar-refractivity contribution in [1.82, 2.24) is 4.90 Å². The number of nitrogens with zero attached hydrogens (tertiary/aromatic N) is 1. The van der Waals surface area contributed by atoms with Crippen LogP contribution in [0.3, 0.4) is 0 Å². The van der Waals surface area contributed by atoms with E-state index in [9.17, 15) is 4.79 Å². The minimum absolute atomic E-state index is 0.0873. The first-order chi connectivity index (χ1) is 17.4. The number of rotatable bonds is 10. The van der Waals surface area contributed by atoms with Crippen LogP contribution in [0.1, 0.15) is 29.2 Å². The Balaban J connectivity index is 1.41. The molecule has 0 spiro atoms. The van der Waals surface area contributed by atoms with Crippen molar-refractivity contribution >= 4 is 40.3 Å². The molecular weight excluding hydrogens is 490 g/mol. The zero-order chi connectivity index (χ0) is 25.5. The summed E-state index contributed by atoms with van der Waals surface area (Å²) in [7, 11) is 0. The van der Waals surface area contributed by atoms with Crippen molar-refractivity contribution in [2.45, 2.75) is 27.3 Å². The highest BCUT2D eigenvalue weighted by atomic mass is 32.2.